The first kappa shape index (κ1) is 24.9. The highest BCUT2D eigenvalue weighted by molar-refractivity contribution is 14.0. The van der Waals surface area contributed by atoms with Crippen molar-refractivity contribution in [1.82, 2.24) is 20.4 Å². The Bertz CT molecular complexity index is 422. The Morgan fingerprint density at radius 1 is 1.26 bits per heavy atom. The zero-order chi connectivity index (χ0) is 18.8. The molecule has 27 heavy (non-hydrogen) atoms. The van der Waals surface area contributed by atoms with Crippen LogP contribution in [-0.4, -0.2) is 101 Å². The molecule has 2 saturated heterocycles. The summed E-state index contributed by atoms with van der Waals surface area (Å²) >= 11 is 0. The topological polar surface area (TPSA) is 61.4 Å². The fraction of sp³-hybridized carbons (Fsp3) is 0.947. The summed E-state index contributed by atoms with van der Waals surface area (Å²) in [5.41, 5.74) is 0.115. The van der Waals surface area contributed by atoms with Gasteiger partial charge in [-0.3, -0.25) is 4.99 Å². The Labute approximate surface area is 182 Å². The molecule has 0 saturated carbocycles. The number of ether oxygens (including phenoxy) is 2. The number of nitrogens with one attached hydrogen (secondary N) is 2. The Balaban J connectivity index is 0.00000364. The summed E-state index contributed by atoms with van der Waals surface area (Å²) in [6.45, 7) is 9.58. The van der Waals surface area contributed by atoms with Gasteiger partial charge in [0.15, 0.2) is 5.96 Å². The monoisotopic (exact) mass is 497 g/mol. The normalized spacial score (nSPS) is 21.7. The number of guanidine groups is 1. The third-order valence-electron chi connectivity index (χ3n) is 5.79. The highest BCUT2D eigenvalue weighted by Crippen LogP contribution is 2.26. The fourth-order valence-corrected chi connectivity index (χ4v) is 3.76. The molecule has 2 rings (SSSR count). The van der Waals surface area contributed by atoms with Gasteiger partial charge in [0.1, 0.15) is 0 Å². The number of nitrogens with zero attached hydrogens (tertiary/aromatic N) is 3. The second kappa shape index (κ2) is 13.1. The lowest BCUT2D eigenvalue weighted by Crippen LogP contribution is -2.53. The van der Waals surface area contributed by atoms with Gasteiger partial charge in [0.05, 0.1) is 13.2 Å². The molecule has 0 atom stereocenters. The molecule has 0 spiro atoms. The quantitative estimate of drug-likeness (QED) is 0.300. The number of aliphatic imine (C=N–C) groups is 1. The standard InChI is InChI=1S/C19H39N5O2.HI/c1-5-20-18(21-16-19(23(2)3)8-13-26-14-9-19)22-17-6-10-24(11-7-17)12-15-25-4;/h17H,5-16H2,1-4H3,(H2,20,21,22);1H. The molecule has 8 heteroatoms. The molecular formula is C19H40IN5O2. The minimum atomic E-state index is 0. The maximum atomic E-state index is 5.57. The summed E-state index contributed by atoms with van der Waals surface area (Å²) in [6.07, 6.45) is 4.39. The second-order valence-electron chi connectivity index (χ2n) is 7.68. The third kappa shape index (κ3) is 8.00. The van der Waals surface area contributed by atoms with Gasteiger partial charge in [-0.1, -0.05) is 0 Å². The summed E-state index contributed by atoms with van der Waals surface area (Å²) in [5, 5.41) is 7.09. The van der Waals surface area contributed by atoms with Crippen molar-refractivity contribution in [1.29, 1.82) is 0 Å². The number of rotatable bonds is 8. The first-order valence-electron chi connectivity index (χ1n) is 10.1. The second-order valence-corrected chi connectivity index (χ2v) is 7.68. The van der Waals surface area contributed by atoms with Crippen LogP contribution in [0.4, 0.5) is 0 Å². The van der Waals surface area contributed by atoms with Gasteiger partial charge in [-0.15, -0.1) is 24.0 Å². The molecule has 0 bridgehead atoms. The molecule has 2 heterocycles. The van der Waals surface area contributed by atoms with Gasteiger partial charge < -0.3 is 29.9 Å². The van der Waals surface area contributed by atoms with Gasteiger partial charge in [-0.05, 0) is 46.7 Å². The van der Waals surface area contributed by atoms with Crippen LogP contribution in [-0.2, 0) is 9.47 Å². The van der Waals surface area contributed by atoms with Gasteiger partial charge in [0, 0.05) is 58.1 Å². The summed E-state index contributed by atoms with van der Waals surface area (Å²) < 4.78 is 10.8. The van der Waals surface area contributed by atoms with Crippen molar-refractivity contribution >= 4 is 29.9 Å². The van der Waals surface area contributed by atoms with E-state index in [0.717, 1.165) is 84.2 Å². The predicted molar refractivity (Wildman–Crippen MR) is 122 cm³/mol. The van der Waals surface area contributed by atoms with Crippen LogP contribution in [0.5, 0.6) is 0 Å². The number of hydrogen-bond donors (Lipinski definition) is 2. The van der Waals surface area contributed by atoms with Crippen LogP contribution < -0.4 is 10.6 Å². The number of halogens is 1. The number of methoxy groups -OCH3 is 1. The molecule has 160 valence electrons. The van der Waals surface area contributed by atoms with E-state index in [0.29, 0.717) is 6.04 Å². The van der Waals surface area contributed by atoms with E-state index in [9.17, 15) is 0 Å². The summed E-state index contributed by atoms with van der Waals surface area (Å²) in [6, 6.07) is 0.497. The number of hydrogen-bond acceptors (Lipinski definition) is 5. The summed E-state index contributed by atoms with van der Waals surface area (Å²) in [5.74, 6) is 0.954. The smallest absolute Gasteiger partial charge is 0.191 e. The summed E-state index contributed by atoms with van der Waals surface area (Å²) in [7, 11) is 6.10. The Morgan fingerprint density at radius 2 is 1.93 bits per heavy atom. The zero-order valence-corrected chi connectivity index (χ0v) is 20.0. The first-order chi connectivity index (χ1) is 12.6. The van der Waals surface area contributed by atoms with Crippen molar-refractivity contribution in [2.24, 2.45) is 4.99 Å². The minimum absolute atomic E-state index is 0. The van der Waals surface area contributed by atoms with Gasteiger partial charge in [-0.25, -0.2) is 0 Å². The van der Waals surface area contributed by atoms with Crippen LogP contribution in [0.1, 0.15) is 32.6 Å². The van der Waals surface area contributed by atoms with Crippen LogP contribution in [0.3, 0.4) is 0 Å². The molecule has 2 fully saturated rings. The highest BCUT2D eigenvalue weighted by atomic mass is 127. The number of likely N-dealkylation sites (tertiary alicyclic amines) is 1. The lowest BCUT2D eigenvalue weighted by atomic mass is 9.89. The van der Waals surface area contributed by atoms with Crippen LogP contribution in [0.15, 0.2) is 4.99 Å². The first-order valence-corrected chi connectivity index (χ1v) is 10.1. The van der Waals surface area contributed by atoms with Crippen LogP contribution >= 0.6 is 24.0 Å². The SMILES string of the molecule is CCNC(=NCC1(N(C)C)CCOCC1)NC1CCN(CCOC)CC1.I. The number of piperidine rings is 1. The lowest BCUT2D eigenvalue weighted by molar-refractivity contribution is -0.00256. The van der Waals surface area contributed by atoms with E-state index in [2.05, 4.69) is 41.5 Å². The third-order valence-corrected chi connectivity index (χ3v) is 5.79. The van der Waals surface area contributed by atoms with Crippen LogP contribution in [0.25, 0.3) is 0 Å². The maximum Gasteiger partial charge on any atom is 0.191 e. The molecule has 7 nitrogen and oxygen atoms in total. The van der Waals surface area contributed by atoms with Gasteiger partial charge in [0.2, 0.25) is 0 Å². The van der Waals surface area contributed by atoms with E-state index in [1.165, 1.54) is 0 Å². The van der Waals surface area contributed by atoms with Crippen molar-refractivity contribution in [2.75, 3.05) is 73.7 Å². The molecule has 0 aromatic carbocycles. The minimum Gasteiger partial charge on any atom is -0.383 e. The Morgan fingerprint density at radius 3 is 2.48 bits per heavy atom. The molecule has 0 aromatic rings. The average molecular weight is 497 g/mol. The number of likely N-dealkylation sites (N-methyl/N-ethyl adjacent to an activating group) is 1. The molecule has 0 aliphatic carbocycles. The van der Waals surface area contributed by atoms with E-state index in [-0.39, 0.29) is 29.5 Å². The fourth-order valence-electron chi connectivity index (χ4n) is 3.76. The van der Waals surface area contributed by atoms with Crippen molar-refractivity contribution in [2.45, 2.75) is 44.2 Å². The Kier molecular flexibility index (Phi) is 12.1. The molecule has 2 N–H and O–H groups in total. The van der Waals surface area contributed by atoms with Crippen LogP contribution in [0.2, 0.25) is 0 Å². The molecule has 0 amide bonds. The molecular weight excluding hydrogens is 457 g/mol. The van der Waals surface area contributed by atoms with E-state index in [1.54, 1.807) is 7.11 Å². The average Bonchev–Trinajstić information content (AvgIpc) is 2.66. The Hall–Kier alpha value is -0.160. The van der Waals surface area contributed by atoms with E-state index >= 15 is 0 Å². The maximum absolute atomic E-state index is 5.57. The predicted octanol–water partition coefficient (Wildman–Crippen LogP) is 1.38. The highest BCUT2D eigenvalue weighted by Gasteiger charge is 2.34. The lowest BCUT2D eigenvalue weighted by Gasteiger charge is -2.42. The van der Waals surface area contributed by atoms with Crippen LogP contribution in [0, 0.1) is 0 Å². The zero-order valence-electron chi connectivity index (χ0n) is 17.6. The van der Waals surface area contributed by atoms with Crippen molar-refractivity contribution in [3.8, 4) is 0 Å². The largest absolute Gasteiger partial charge is 0.383 e. The molecule has 0 radical (unpaired) electrons. The van der Waals surface area contributed by atoms with Crippen molar-refractivity contribution in [3.63, 3.8) is 0 Å². The van der Waals surface area contributed by atoms with Gasteiger partial charge in [-0.2, -0.15) is 0 Å². The van der Waals surface area contributed by atoms with E-state index in [1.807, 2.05) is 0 Å². The molecule has 2 aliphatic rings. The van der Waals surface area contributed by atoms with Crippen molar-refractivity contribution < 1.29 is 9.47 Å². The van der Waals surface area contributed by atoms with E-state index in [4.69, 9.17) is 14.5 Å². The van der Waals surface area contributed by atoms with Gasteiger partial charge in [0.25, 0.3) is 0 Å². The van der Waals surface area contributed by atoms with E-state index < -0.39 is 0 Å². The molecule has 0 unspecified atom stereocenters. The van der Waals surface area contributed by atoms with Gasteiger partial charge >= 0.3 is 0 Å². The summed E-state index contributed by atoms with van der Waals surface area (Å²) in [4.78, 5) is 9.77. The molecule has 2 aliphatic heterocycles. The molecule has 0 aromatic heterocycles. The van der Waals surface area contributed by atoms with Crippen molar-refractivity contribution in [3.05, 3.63) is 0 Å².